The van der Waals surface area contributed by atoms with Crippen LogP contribution < -0.4 is 0 Å². The standard InChI is InChI=1S/C11H15NO4.2C10H13NO4.2C9H11NO4.C8H9NO4/c1-8(2)11(15)16-7-10(14)12-6-4-3-5-9(12)13;1-7(2)10(14)15-6-9(13)11-5-3-4-8(11)12;1-2-10(14)15-7-9(13)11-6-4-3-5-8(11)12;1-6(2)9(13)14-5-8(12)10-4-3-7(10)11;1-2-9(13)14-6-8(12)10-5-3-4-7(10)11;1-2-8(12)13-5-7(11)9-4-3-6(9)10/h1,3-7H2,2H3;1,3-6H2,2H3;2H,1,3-7H2;1,3-5H2,2H3;2H,1,3-6H2;2H,1,3-5H2. The van der Waals surface area contributed by atoms with Crippen LogP contribution in [0.15, 0.2) is 74.4 Å². The average Bonchev–Trinajstić information content (AvgIpc) is 3.97. The molecular formula is C57H72N6O24. The Bertz CT molecular complexity index is 2760. The van der Waals surface area contributed by atoms with Gasteiger partial charge in [0.05, 0.1) is 0 Å². The predicted octanol–water partition coefficient (Wildman–Crippen LogP) is 0.358. The van der Waals surface area contributed by atoms with Crippen molar-refractivity contribution in [1.29, 1.82) is 0 Å². The molecule has 0 aliphatic carbocycles. The van der Waals surface area contributed by atoms with Gasteiger partial charge in [-0.25, -0.2) is 28.8 Å². The zero-order valence-corrected chi connectivity index (χ0v) is 48.9. The van der Waals surface area contributed by atoms with Gasteiger partial charge in [-0.15, -0.1) is 0 Å². The Morgan fingerprint density at radius 1 is 0.310 bits per heavy atom. The number of amides is 12. The van der Waals surface area contributed by atoms with E-state index in [0.29, 0.717) is 90.6 Å². The van der Waals surface area contributed by atoms with Gasteiger partial charge in [-0.1, -0.05) is 39.5 Å². The highest BCUT2D eigenvalue weighted by molar-refractivity contribution is 6.03. The number of imide groups is 6. The summed E-state index contributed by atoms with van der Waals surface area (Å²) in [5.41, 5.74) is 0.695. The Balaban J connectivity index is 0.000000523. The molecule has 0 aromatic carbocycles. The third-order valence-electron chi connectivity index (χ3n) is 11.8. The largest absolute Gasteiger partial charge is 0.452 e. The number of hydrogen-bond donors (Lipinski definition) is 0. The maximum Gasteiger partial charge on any atom is 0.333 e. The van der Waals surface area contributed by atoms with Crippen LogP contribution in [0.5, 0.6) is 0 Å². The van der Waals surface area contributed by atoms with E-state index in [0.717, 1.165) is 73.3 Å². The second kappa shape index (κ2) is 39.6. The van der Waals surface area contributed by atoms with Crippen molar-refractivity contribution >= 4 is 107 Å². The number of β-lactam (4-membered cyclic amide) rings is 2. The van der Waals surface area contributed by atoms with Crippen LogP contribution >= 0.6 is 0 Å². The SMILES string of the molecule is C=C(C)C(=O)OCC(=O)N1CCC1=O.C=C(C)C(=O)OCC(=O)N1CCCC1=O.C=C(C)C(=O)OCC(=O)N1CCCCC1=O.C=CC(=O)OCC(=O)N1CCC1=O.C=CC(=O)OCC(=O)N1CCCC1=O.C=CC(=O)OCC(=O)N1CCCCC1=O. The molecule has 0 aromatic rings. The van der Waals surface area contributed by atoms with E-state index in [1.54, 1.807) is 0 Å². The summed E-state index contributed by atoms with van der Waals surface area (Å²) in [6, 6.07) is 0. The number of rotatable bonds is 18. The maximum absolute atomic E-state index is 11.5. The fourth-order valence-corrected chi connectivity index (χ4v) is 6.91. The summed E-state index contributed by atoms with van der Waals surface area (Å²) < 4.78 is 27.4. The van der Waals surface area contributed by atoms with E-state index in [4.69, 9.17) is 0 Å². The van der Waals surface area contributed by atoms with Crippen molar-refractivity contribution in [2.75, 3.05) is 78.9 Å². The minimum absolute atomic E-state index is 0.192. The summed E-state index contributed by atoms with van der Waals surface area (Å²) in [7, 11) is 0. The number of likely N-dealkylation sites (tertiary alicyclic amines) is 6. The lowest BCUT2D eigenvalue weighted by atomic mass is 10.1. The van der Waals surface area contributed by atoms with Crippen LogP contribution in [0, 0.1) is 0 Å². The maximum atomic E-state index is 11.5. The van der Waals surface area contributed by atoms with Gasteiger partial charge in [-0.3, -0.25) is 86.9 Å². The molecule has 6 heterocycles. The topological polar surface area (TPSA) is 382 Å². The van der Waals surface area contributed by atoms with Gasteiger partial charge in [-0.2, -0.15) is 0 Å². The Morgan fingerprint density at radius 3 is 0.678 bits per heavy atom. The predicted molar refractivity (Wildman–Crippen MR) is 297 cm³/mol. The summed E-state index contributed by atoms with van der Waals surface area (Å²) in [4.78, 5) is 206. The van der Waals surface area contributed by atoms with Crippen LogP contribution in [0.2, 0.25) is 0 Å². The monoisotopic (exact) mass is 1220 g/mol. The minimum Gasteiger partial charge on any atom is -0.452 e. The Labute approximate surface area is 500 Å². The molecule has 0 radical (unpaired) electrons. The highest BCUT2D eigenvalue weighted by Crippen LogP contribution is 2.14. The van der Waals surface area contributed by atoms with Crippen LogP contribution in [0.3, 0.4) is 0 Å². The Kier molecular flexibility index (Phi) is 34.2. The average molecular weight is 1230 g/mol. The van der Waals surface area contributed by atoms with E-state index in [1.807, 2.05) is 0 Å². The molecule has 12 amide bonds. The quantitative estimate of drug-likeness (QED) is 0.0773. The fourth-order valence-electron chi connectivity index (χ4n) is 6.91. The van der Waals surface area contributed by atoms with Crippen LogP contribution in [-0.2, 0) is 115 Å². The summed E-state index contributed by atoms with van der Waals surface area (Å²) >= 11 is 0. The van der Waals surface area contributed by atoms with E-state index in [2.05, 4.69) is 67.9 Å². The number of ether oxygens (including phenoxy) is 6. The van der Waals surface area contributed by atoms with E-state index < -0.39 is 111 Å². The first-order chi connectivity index (χ1) is 41.0. The van der Waals surface area contributed by atoms with Crippen LogP contribution in [-0.4, -0.2) is 215 Å². The van der Waals surface area contributed by atoms with Gasteiger partial charge in [-0.05, 0) is 59.3 Å². The number of carbonyl (C=O) groups is 18. The second-order valence-corrected chi connectivity index (χ2v) is 18.8. The zero-order valence-electron chi connectivity index (χ0n) is 48.9. The molecule has 6 fully saturated rings. The van der Waals surface area contributed by atoms with Gasteiger partial charge >= 0.3 is 35.8 Å². The van der Waals surface area contributed by atoms with Crippen molar-refractivity contribution in [1.82, 2.24) is 29.4 Å². The first-order valence-corrected chi connectivity index (χ1v) is 26.9. The van der Waals surface area contributed by atoms with Crippen molar-refractivity contribution in [3.05, 3.63) is 74.4 Å². The second-order valence-electron chi connectivity index (χ2n) is 18.8. The lowest BCUT2D eigenvalue weighted by Crippen LogP contribution is -2.49. The fraction of sp³-hybridized carbons (Fsp3) is 0.474. The van der Waals surface area contributed by atoms with E-state index in [1.165, 1.54) is 20.8 Å². The van der Waals surface area contributed by atoms with Gasteiger partial charge in [0.2, 0.25) is 35.4 Å². The van der Waals surface area contributed by atoms with E-state index in [-0.39, 0.29) is 52.2 Å². The molecule has 474 valence electrons. The van der Waals surface area contributed by atoms with Crippen LogP contribution in [0.4, 0.5) is 0 Å². The molecular weight excluding hydrogens is 1150 g/mol. The molecule has 0 saturated carbocycles. The van der Waals surface area contributed by atoms with E-state index >= 15 is 0 Å². The van der Waals surface area contributed by atoms with Crippen LogP contribution in [0.25, 0.3) is 0 Å². The molecule has 30 heteroatoms. The molecule has 0 N–H and O–H groups in total. The summed E-state index contributed by atoms with van der Waals surface area (Å²) in [6.45, 7) is 24.3. The van der Waals surface area contributed by atoms with Gasteiger partial charge in [0.25, 0.3) is 35.4 Å². The molecule has 87 heavy (non-hydrogen) atoms. The summed E-state index contributed by atoms with van der Waals surface area (Å²) in [5.74, 6) is -7.88. The van der Waals surface area contributed by atoms with Crippen molar-refractivity contribution in [2.45, 2.75) is 97.8 Å². The van der Waals surface area contributed by atoms with Crippen molar-refractivity contribution in [2.24, 2.45) is 0 Å². The van der Waals surface area contributed by atoms with Crippen molar-refractivity contribution in [3.63, 3.8) is 0 Å². The van der Waals surface area contributed by atoms with Gasteiger partial charge in [0.1, 0.15) is 0 Å². The first-order valence-electron chi connectivity index (χ1n) is 26.9. The number of esters is 6. The third-order valence-corrected chi connectivity index (χ3v) is 11.8. The number of hydrogen-bond acceptors (Lipinski definition) is 24. The molecule has 0 unspecified atom stereocenters. The molecule has 0 bridgehead atoms. The Hall–Kier alpha value is -9.90. The molecule has 6 aliphatic heterocycles. The zero-order chi connectivity index (χ0) is 65.9. The number of nitrogens with zero attached hydrogens (tertiary/aromatic N) is 6. The van der Waals surface area contributed by atoms with Crippen molar-refractivity contribution in [3.8, 4) is 0 Å². The Morgan fingerprint density at radius 2 is 0.506 bits per heavy atom. The molecule has 6 saturated heterocycles. The lowest BCUT2D eigenvalue weighted by Gasteiger charge is -2.28. The minimum atomic E-state index is -0.665. The van der Waals surface area contributed by atoms with Gasteiger partial charge in [0.15, 0.2) is 39.6 Å². The number of carbonyl (C=O) groups excluding carboxylic acids is 18. The van der Waals surface area contributed by atoms with Gasteiger partial charge < -0.3 is 28.4 Å². The van der Waals surface area contributed by atoms with Crippen LogP contribution in [0.1, 0.15) is 97.8 Å². The highest BCUT2D eigenvalue weighted by Gasteiger charge is 2.33. The molecule has 0 spiro atoms. The van der Waals surface area contributed by atoms with E-state index in [9.17, 15) is 86.3 Å². The lowest BCUT2D eigenvalue weighted by molar-refractivity contribution is -0.159. The molecule has 6 aliphatic rings. The molecule has 0 atom stereocenters. The highest BCUT2D eigenvalue weighted by atomic mass is 16.6. The summed E-state index contributed by atoms with van der Waals surface area (Å²) in [5, 5.41) is 0. The summed E-state index contributed by atoms with van der Waals surface area (Å²) in [6.07, 6.45) is 9.86. The molecule has 6 rings (SSSR count). The smallest absolute Gasteiger partial charge is 0.333 e. The molecule has 0 aromatic heterocycles. The first kappa shape index (κ1) is 75.1. The normalized spacial score (nSPS) is 15.3. The third kappa shape index (κ3) is 28.0. The van der Waals surface area contributed by atoms with Crippen molar-refractivity contribution < 1.29 is 115 Å². The molecule has 30 nitrogen and oxygen atoms in total. The van der Waals surface area contributed by atoms with Gasteiger partial charge in [0, 0.05) is 113 Å². The number of piperidine rings is 2.